The molecule has 0 spiro atoms. The van der Waals surface area contributed by atoms with Crippen molar-refractivity contribution < 1.29 is 4.79 Å². The third-order valence-corrected chi connectivity index (χ3v) is 5.77. The number of thiazole rings is 1. The average Bonchev–Trinajstić information content (AvgIpc) is 3.27. The molecule has 7 heteroatoms. The standard InChI is InChI=1S/C20H15N5OS/c26-20-19-14(13-9-21-12-22-10-13)5-7-23-16(19)11-25(20)8-6-18-24-15-3-1-2-4-17(15)27-18/h1-5,7,9-10,12H,6,8,11H2. The molecule has 0 saturated heterocycles. The van der Waals surface area contributed by atoms with Crippen LogP contribution in [0.15, 0.2) is 55.2 Å². The van der Waals surface area contributed by atoms with Crippen molar-refractivity contribution in [2.45, 2.75) is 13.0 Å². The molecule has 1 aromatic carbocycles. The van der Waals surface area contributed by atoms with Crippen molar-refractivity contribution in [1.29, 1.82) is 0 Å². The molecule has 0 bridgehead atoms. The zero-order valence-electron chi connectivity index (χ0n) is 14.4. The lowest BCUT2D eigenvalue weighted by atomic mass is 10.0. The highest BCUT2D eigenvalue weighted by molar-refractivity contribution is 7.18. The van der Waals surface area contributed by atoms with Crippen molar-refractivity contribution in [3.8, 4) is 11.1 Å². The fraction of sp³-hybridized carbons (Fsp3) is 0.150. The van der Waals surface area contributed by atoms with Gasteiger partial charge in [-0.2, -0.15) is 0 Å². The van der Waals surface area contributed by atoms with Crippen LogP contribution in [0.2, 0.25) is 0 Å². The van der Waals surface area contributed by atoms with E-state index in [1.54, 1.807) is 29.9 Å². The zero-order valence-corrected chi connectivity index (χ0v) is 15.2. The molecule has 6 nitrogen and oxygen atoms in total. The molecule has 0 aliphatic carbocycles. The summed E-state index contributed by atoms with van der Waals surface area (Å²) in [6.45, 7) is 1.15. The first-order chi connectivity index (χ1) is 13.3. The molecule has 0 atom stereocenters. The minimum absolute atomic E-state index is 0.0121. The number of para-hydroxylation sites is 1. The van der Waals surface area contributed by atoms with E-state index < -0.39 is 0 Å². The summed E-state index contributed by atoms with van der Waals surface area (Å²) in [7, 11) is 0. The van der Waals surface area contributed by atoms with Crippen molar-refractivity contribution in [3.63, 3.8) is 0 Å². The van der Waals surface area contributed by atoms with Crippen molar-refractivity contribution in [3.05, 3.63) is 71.5 Å². The van der Waals surface area contributed by atoms with E-state index in [1.165, 1.54) is 11.0 Å². The van der Waals surface area contributed by atoms with Crippen molar-refractivity contribution in [1.82, 2.24) is 24.8 Å². The minimum atomic E-state index is 0.0121. The van der Waals surface area contributed by atoms with E-state index in [4.69, 9.17) is 0 Å². The number of amides is 1. The monoisotopic (exact) mass is 373 g/mol. The molecular weight excluding hydrogens is 358 g/mol. The number of hydrogen-bond donors (Lipinski definition) is 0. The number of rotatable bonds is 4. The van der Waals surface area contributed by atoms with Gasteiger partial charge in [0.05, 0.1) is 33.0 Å². The van der Waals surface area contributed by atoms with Gasteiger partial charge in [0.2, 0.25) is 0 Å². The summed E-state index contributed by atoms with van der Waals surface area (Å²) >= 11 is 1.68. The largest absolute Gasteiger partial charge is 0.332 e. The molecule has 0 radical (unpaired) electrons. The molecule has 3 aromatic heterocycles. The number of hydrogen-bond acceptors (Lipinski definition) is 6. The van der Waals surface area contributed by atoms with E-state index in [-0.39, 0.29) is 5.91 Å². The van der Waals surface area contributed by atoms with Gasteiger partial charge in [0.1, 0.15) is 6.33 Å². The Hall–Kier alpha value is -3.19. The highest BCUT2D eigenvalue weighted by Crippen LogP contribution is 2.31. The Kier molecular flexibility index (Phi) is 3.86. The SMILES string of the molecule is O=C1c2c(-c3cncnc3)ccnc2CN1CCc1nc2ccccc2s1. The van der Waals surface area contributed by atoms with Crippen molar-refractivity contribution in [2.75, 3.05) is 6.54 Å². The average molecular weight is 373 g/mol. The minimum Gasteiger partial charge on any atom is -0.332 e. The number of benzene rings is 1. The summed E-state index contributed by atoms with van der Waals surface area (Å²) in [5, 5.41) is 1.05. The molecule has 5 rings (SSSR count). The highest BCUT2D eigenvalue weighted by atomic mass is 32.1. The maximum atomic E-state index is 13.0. The molecule has 1 amide bonds. The molecule has 1 aliphatic rings. The second-order valence-electron chi connectivity index (χ2n) is 6.36. The molecule has 1 aliphatic heterocycles. The summed E-state index contributed by atoms with van der Waals surface area (Å²) in [5.74, 6) is 0.0121. The van der Waals surface area contributed by atoms with Gasteiger partial charge < -0.3 is 4.90 Å². The Morgan fingerprint density at radius 3 is 2.81 bits per heavy atom. The second kappa shape index (κ2) is 6.51. The lowest BCUT2D eigenvalue weighted by Crippen LogP contribution is -2.26. The Balaban J connectivity index is 1.39. The van der Waals surface area contributed by atoms with Gasteiger partial charge in [0.25, 0.3) is 5.91 Å². The first-order valence-corrected chi connectivity index (χ1v) is 9.48. The van der Waals surface area contributed by atoms with Gasteiger partial charge >= 0.3 is 0 Å². The summed E-state index contributed by atoms with van der Waals surface area (Å²) in [5.41, 5.74) is 4.16. The summed E-state index contributed by atoms with van der Waals surface area (Å²) in [4.78, 5) is 32.1. The molecule has 27 heavy (non-hydrogen) atoms. The molecule has 0 unspecified atom stereocenters. The van der Waals surface area contributed by atoms with Gasteiger partial charge in [0.15, 0.2) is 0 Å². The maximum absolute atomic E-state index is 13.0. The van der Waals surface area contributed by atoms with Crippen molar-refractivity contribution in [2.24, 2.45) is 0 Å². The van der Waals surface area contributed by atoms with Crippen LogP contribution in [0.5, 0.6) is 0 Å². The smallest absolute Gasteiger partial charge is 0.256 e. The number of carbonyl (C=O) groups excluding carboxylic acids is 1. The second-order valence-corrected chi connectivity index (χ2v) is 7.47. The third-order valence-electron chi connectivity index (χ3n) is 4.68. The maximum Gasteiger partial charge on any atom is 0.256 e. The van der Waals surface area contributed by atoms with Crippen LogP contribution in [0.3, 0.4) is 0 Å². The lowest BCUT2D eigenvalue weighted by Gasteiger charge is -2.14. The van der Waals surface area contributed by atoms with Gasteiger partial charge in [0, 0.05) is 42.7 Å². The first kappa shape index (κ1) is 16.0. The van der Waals surface area contributed by atoms with Crippen LogP contribution in [0.25, 0.3) is 21.3 Å². The number of aromatic nitrogens is 4. The molecule has 132 valence electrons. The van der Waals surface area contributed by atoms with E-state index >= 15 is 0 Å². The predicted molar refractivity (Wildman–Crippen MR) is 103 cm³/mol. The molecule has 0 fully saturated rings. The van der Waals surface area contributed by atoms with E-state index in [0.717, 1.165) is 33.8 Å². The molecule has 0 saturated carbocycles. The predicted octanol–water partition coefficient (Wildman–Crippen LogP) is 3.35. The topological polar surface area (TPSA) is 71.9 Å². The van der Waals surface area contributed by atoms with Crippen LogP contribution >= 0.6 is 11.3 Å². The van der Waals surface area contributed by atoms with Gasteiger partial charge in [-0.3, -0.25) is 9.78 Å². The van der Waals surface area contributed by atoms with Crippen LogP contribution in [-0.2, 0) is 13.0 Å². The Labute approximate surface area is 159 Å². The molecule has 4 heterocycles. The van der Waals surface area contributed by atoms with Gasteiger partial charge in [-0.1, -0.05) is 12.1 Å². The summed E-state index contributed by atoms with van der Waals surface area (Å²) in [6, 6.07) is 9.96. The Morgan fingerprint density at radius 1 is 1.11 bits per heavy atom. The van der Waals surface area contributed by atoms with Crippen LogP contribution in [0.4, 0.5) is 0 Å². The third kappa shape index (κ3) is 2.86. The van der Waals surface area contributed by atoms with Crippen LogP contribution in [0.1, 0.15) is 21.1 Å². The molecule has 4 aromatic rings. The number of nitrogens with zero attached hydrogens (tertiary/aromatic N) is 5. The normalized spacial score (nSPS) is 13.3. The van der Waals surface area contributed by atoms with Gasteiger partial charge in [-0.25, -0.2) is 15.0 Å². The van der Waals surface area contributed by atoms with Crippen LogP contribution in [-0.4, -0.2) is 37.3 Å². The van der Waals surface area contributed by atoms with Crippen LogP contribution in [0, 0.1) is 0 Å². The summed E-state index contributed by atoms with van der Waals surface area (Å²) < 4.78 is 1.18. The number of pyridine rings is 1. The quantitative estimate of drug-likeness (QED) is 0.549. The van der Waals surface area contributed by atoms with E-state index in [9.17, 15) is 4.79 Å². The zero-order chi connectivity index (χ0) is 18.2. The summed E-state index contributed by atoms with van der Waals surface area (Å²) in [6.07, 6.45) is 7.41. The molecular formula is C20H15N5OS. The van der Waals surface area contributed by atoms with E-state index in [2.05, 4.69) is 26.0 Å². The molecule has 0 N–H and O–H groups in total. The fourth-order valence-corrected chi connectivity index (χ4v) is 4.35. The highest BCUT2D eigenvalue weighted by Gasteiger charge is 2.31. The first-order valence-electron chi connectivity index (χ1n) is 8.66. The van der Waals surface area contributed by atoms with Crippen LogP contribution < -0.4 is 0 Å². The van der Waals surface area contributed by atoms with E-state index in [0.29, 0.717) is 18.7 Å². The van der Waals surface area contributed by atoms with Gasteiger partial charge in [-0.05, 0) is 18.2 Å². The Morgan fingerprint density at radius 2 is 1.96 bits per heavy atom. The lowest BCUT2D eigenvalue weighted by molar-refractivity contribution is 0.0780. The number of fused-ring (bicyclic) bond motifs is 2. The van der Waals surface area contributed by atoms with Crippen molar-refractivity contribution >= 4 is 27.5 Å². The Bertz CT molecular complexity index is 1110. The van der Waals surface area contributed by atoms with E-state index in [1.807, 2.05) is 29.2 Å². The van der Waals surface area contributed by atoms with Gasteiger partial charge in [-0.15, -0.1) is 11.3 Å². The fourth-order valence-electron chi connectivity index (χ4n) is 3.39. The number of carbonyl (C=O) groups is 1.